The summed E-state index contributed by atoms with van der Waals surface area (Å²) in [5.74, 6) is -0.0814. The van der Waals surface area contributed by atoms with Crippen LogP contribution in [-0.2, 0) is 14.8 Å². The number of nitrogens with one attached hydrogen (secondary N) is 1. The molecule has 0 bridgehead atoms. The molecular weight excluding hydrogens is 484 g/mol. The highest BCUT2D eigenvalue weighted by Crippen LogP contribution is 2.27. The van der Waals surface area contributed by atoms with E-state index in [1.807, 2.05) is 6.07 Å². The van der Waals surface area contributed by atoms with Crippen LogP contribution in [0, 0.1) is 11.3 Å². The number of carbonyl (C=O) groups is 1. The van der Waals surface area contributed by atoms with Crippen molar-refractivity contribution in [2.45, 2.75) is 45.3 Å². The van der Waals surface area contributed by atoms with Crippen LogP contribution in [-0.4, -0.2) is 69.4 Å². The number of sulfonamides is 1. The van der Waals surface area contributed by atoms with Gasteiger partial charge in [-0.15, -0.1) is 0 Å². The van der Waals surface area contributed by atoms with E-state index in [0.717, 1.165) is 0 Å². The molecule has 0 amide bonds. The first kappa shape index (κ1) is 25.3. The van der Waals surface area contributed by atoms with Crippen molar-refractivity contribution in [1.29, 1.82) is 5.26 Å². The smallest absolute Gasteiger partial charge is 0.342 e. The number of carbonyl (C=O) groups excluding carboxylic acids is 1. The zero-order chi connectivity index (χ0) is 26.3. The van der Waals surface area contributed by atoms with Gasteiger partial charge in [0.25, 0.3) is 0 Å². The molecular formula is C23H28N8O4S. The van der Waals surface area contributed by atoms with Gasteiger partial charge in [-0.2, -0.15) is 15.0 Å². The lowest BCUT2D eigenvalue weighted by molar-refractivity contribution is 0.00701. The number of ether oxygens (including phenoxy) is 1. The molecule has 0 atom stereocenters. The molecule has 36 heavy (non-hydrogen) atoms. The summed E-state index contributed by atoms with van der Waals surface area (Å²) in [5.41, 5.74) is 6.59. The minimum Gasteiger partial charge on any atom is -0.456 e. The molecule has 4 rings (SSSR count). The fourth-order valence-electron chi connectivity index (χ4n) is 3.96. The van der Waals surface area contributed by atoms with Crippen molar-refractivity contribution < 1.29 is 17.9 Å². The third-order valence-electron chi connectivity index (χ3n) is 5.70. The molecule has 4 heterocycles. The van der Waals surface area contributed by atoms with Gasteiger partial charge in [-0.1, -0.05) is 0 Å². The Labute approximate surface area is 209 Å². The van der Waals surface area contributed by atoms with E-state index in [9.17, 15) is 18.5 Å². The van der Waals surface area contributed by atoms with Gasteiger partial charge in [-0.25, -0.2) is 27.5 Å². The largest absolute Gasteiger partial charge is 0.456 e. The number of esters is 1. The van der Waals surface area contributed by atoms with Gasteiger partial charge in [0.2, 0.25) is 10.0 Å². The van der Waals surface area contributed by atoms with Gasteiger partial charge in [-0.3, -0.25) is 0 Å². The monoisotopic (exact) mass is 512 g/mol. The summed E-state index contributed by atoms with van der Waals surface area (Å²) in [7, 11) is -3.26. The Hall–Kier alpha value is -3.76. The second kappa shape index (κ2) is 9.36. The summed E-state index contributed by atoms with van der Waals surface area (Å²) < 4.78 is 32.2. The van der Waals surface area contributed by atoms with Crippen LogP contribution in [0.5, 0.6) is 0 Å². The predicted molar refractivity (Wildman–Crippen MR) is 134 cm³/mol. The third kappa shape index (κ3) is 5.39. The second-order valence-electron chi connectivity index (χ2n) is 9.67. The average molecular weight is 513 g/mol. The zero-order valence-corrected chi connectivity index (χ0v) is 21.3. The minimum atomic E-state index is -3.26. The Morgan fingerprint density at radius 3 is 2.56 bits per heavy atom. The van der Waals surface area contributed by atoms with Gasteiger partial charge in [0.1, 0.15) is 23.1 Å². The molecule has 0 aromatic carbocycles. The molecule has 190 valence electrons. The first-order valence-electron chi connectivity index (χ1n) is 11.4. The van der Waals surface area contributed by atoms with E-state index in [4.69, 9.17) is 10.5 Å². The van der Waals surface area contributed by atoms with Crippen LogP contribution in [0.25, 0.3) is 16.9 Å². The Morgan fingerprint density at radius 1 is 1.25 bits per heavy atom. The van der Waals surface area contributed by atoms with Gasteiger partial charge in [0.15, 0.2) is 11.5 Å². The number of fused-ring (bicyclic) bond motifs is 1. The number of rotatable bonds is 5. The number of hydrogen-bond donors (Lipinski definition) is 2. The van der Waals surface area contributed by atoms with Crippen molar-refractivity contribution in [3.8, 4) is 11.9 Å². The molecule has 0 aliphatic carbocycles. The minimum absolute atomic E-state index is 0.0687. The Balaban J connectivity index is 1.70. The molecule has 1 fully saturated rings. The van der Waals surface area contributed by atoms with Crippen molar-refractivity contribution in [2.75, 3.05) is 30.4 Å². The number of hydrogen-bond acceptors (Lipinski definition) is 10. The number of piperidine rings is 1. The number of pyridine rings is 2. The van der Waals surface area contributed by atoms with Crippen LogP contribution < -0.4 is 11.1 Å². The summed E-state index contributed by atoms with van der Waals surface area (Å²) in [5, 5.41) is 17.6. The highest BCUT2D eigenvalue weighted by Gasteiger charge is 2.27. The van der Waals surface area contributed by atoms with Crippen molar-refractivity contribution in [3.63, 3.8) is 0 Å². The lowest BCUT2D eigenvalue weighted by atomic mass is 10.1. The van der Waals surface area contributed by atoms with Crippen LogP contribution in [0.2, 0.25) is 0 Å². The molecule has 1 saturated heterocycles. The lowest BCUT2D eigenvalue weighted by Gasteiger charge is -2.31. The van der Waals surface area contributed by atoms with E-state index in [-0.39, 0.29) is 23.0 Å². The summed E-state index contributed by atoms with van der Waals surface area (Å²) in [6, 6.07) is 5.20. The van der Waals surface area contributed by atoms with Gasteiger partial charge in [-0.05, 0) is 39.7 Å². The molecule has 0 unspecified atom stereocenters. The van der Waals surface area contributed by atoms with E-state index in [0.29, 0.717) is 48.5 Å². The third-order valence-corrected chi connectivity index (χ3v) is 7.00. The number of nitrogens with zero attached hydrogens (tertiary/aromatic N) is 6. The van der Waals surface area contributed by atoms with Gasteiger partial charge in [0, 0.05) is 36.8 Å². The maximum absolute atomic E-state index is 13.0. The summed E-state index contributed by atoms with van der Waals surface area (Å²) >= 11 is 0. The molecule has 3 aromatic heterocycles. The van der Waals surface area contributed by atoms with Crippen molar-refractivity contribution >= 4 is 38.5 Å². The van der Waals surface area contributed by atoms with E-state index < -0.39 is 21.6 Å². The summed E-state index contributed by atoms with van der Waals surface area (Å²) in [6.07, 6.45) is 5.31. The van der Waals surface area contributed by atoms with Crippen molar-refractivity contribution in [3.05, 3.63) is 35.7 Å². The molecule has 0 saturated carbocycles. The van der Waals surface area contributed by atoms with Crippen LogP contribution in [0.3, 0.4) is 0 Å². The van der Waals surface area contributed by atoms with Crippen molar-refractivity contribution in [2.24, 2.45) is 0 Å². The lowest BCUT2D eigenvalue weighted by Crippen LogP contribution is -2.42. The Kier molecular flexibility index (Phi) is 6.59. The first-order valence-corrected chi connectivity index (χ1v) is 13.2. The van der Waals surface area contributed by atoms with Gasteiger partial charge < -0.3 is 15.8 Å². The molecule has 0 radical (unpaired) electrons. The SMILES string of the molecule is CC(C)(C)OC(=O)c1cnc(-n2ncc3cc(C#N)c(N)nc32)cc1NC1CCN(S(C)(=O)=O)CC1. The van der Waals surface area contributed by atoms with Crippen LogP contribution in [0.4, 0.5) is 11.5 Å². The van der Waals surface area contributed by atoms with E-state index in [1.165, 1.54) is 21.4 Å². The van der Waals surface area contributed by atoms with Crippen LogP contribution in [0.15, 0.2) is 24.5 Å². The fraction of sp³-hybridized carbons (Fsp3) is 0.435. The topological polar surface area (TPSA) is 169 Å². The number of anilines is 2. The van der Waals surface area contributed by atoms with E-state index in [2.05, 4.69) is 20.4 Å². The number of aromatic nitrogens is 4. The maximum atomic E-state index is 13.0. The molecule has 1 aliphatic heterocycles. The molecule has 13 heteroatoms. The number of nitriles is 1. The second-order valence-corrected chi connectivity index (χ2v) is 11.7. The molecule has 3 N–H and O–H groups in total. The standard InChI is InChI=1S/C23H28N8O4S/c1-23(2,3)35-22(32)17-13-26-19(31-21-15(12-27-31)9-14(11-24)20(25)29-21)10-18(17)28-16-5-7-30(8-6-16)36(4,33)34/h9-10,12-13,16H,5-8H2,1-4H3,(H2,25,29)(H,26,28). The van der Waals surface area contributed by atoms with E-state index >= 15 is 0 Å². The molecule has 3 aromatic rings. The Bertz CT molecular complexity index is 1460. The van der Waals surface area contributed by atoms with Crippen molar-refractivity contribution in [1.82, 2.24) is 24.1 Å². The van der Waals surface area contributed by atoms with Gasteiger partial charge >= 0.3 is 5.97 Å². The van der Waals surface area contributed by atoms with Crippen LogP contribution in [0.1, 0.15) is 49.5 Å². The number of nitrogen functional groups attached to an aromatic ring is 1. The fourth-order valence-corrected chi connectivity index (χ4v) is 4.83. The highest BCUT2D eigenvalue weighted by molar-refractivity contribution is 7.88. The predicted octanol–water partition coefficient (Wildman–Crippen LogP) is 2.06. The molecule has 12 nitrogen and oxygen atoms in total. The Morgan fingerprint density at radius 2 is 1.94 bits per heavy atom. The van der Waals surface area contributed by atoms with E-state index in [1.54, 1.807) is 39.1 Å². The van der Waals surface area contributed by atoms with Crippen LogP contribution >= 0.6 is 0 Å². The zero-order valence-electron chi connectivity index (χ0n) is 20.5. The quantitative estimate of drug-likeness (QED) is 0.482. The highest BCUT2D eigenvalue weighted by atomic mass is 32.2. The summed E-state index contributed by atoms with van der Waals surface area (Å²) in [4.78, 5) is 21.7. The first-order chi connectivity index (χ1) is 16.9. The van der Waals surface area contributed by atoms with Gasteiger partial charge in [0.05, 0.1) is 23.7 Å². The maximum Gasteiger partial charge on any atom is 0.342 e. The molecule has 0 spiro atoms. The number of nitrogens with two attached hydrogens (primary N) is 1. The average Bonchev–Trinajstić information content (AvgIpc) is 3.19. The molecule has 1 aliphatic rings. The summed E-state index contributed by atoms with van der Waals surface area (Å²) in [6.45, 7) is 6.10. The normalized spacial score (nSPS) is 15.5.